The number of imidazole rings is 1. The first kappa shape index (κ1) is 14.7. The predicted molar refractivity (Wildman–Crippen MR) is 76.6 cm³/mol. The Balaban J connectivity index is 2.38. The lowest BCUT2D eigenvalue weighted by molar-refractivity contribution is 0.473. The lowest BCUT2D eigenvalue weighted by atomic mass is 10.2. The molecule has 0 spiro atoms. The number of nitrogens with one attached hydrogen (secondary N) is 2. The molecule has 0 aliphatic heterocycles. The molecule has 0 aliphatic carbocycles. The second kappa shape index (κ2) is 5.34. The number of rotatable bonds is 4. The van der Waals surface area contributed by atoms with Gasteiger partial charge in [0.15, 0.2) is 5.03 Å². The molecule has 1 aromatic carbocycles. The molecule has 8 heteroatoms. The van der Waals surface area contributed by atoms with Crippen LogP contribution in [-0.2, 0) is 16.4 Å². The number of phenols is 1. The maximum atomic E-state index is 12.2. The number of sulfonamides is 1. The molecule has 0 amide bonds. The molecule has 3 N–H and O–H groups in total. The zero-order chi connectivity index (χ0) is 14.9. The highest BCUT2D eigenvalue weighted by atomic mass is 35.5. The minimum Gasteiger partial charge on any atom is -0.505 e. The van der Waals surface area contributed by atoms with Gasteiger partial charge in [0, 0.05) is 11.4 Å². The molecule has 1 aromatic heterocycles. The van der Waals surface area contributed by atoms with E-state index in [9.17, 15) is 13.5 Å². The van der Waals surface area contributed by atoms with E-state index in [-0.39, 0.29) is 16.5 Å². The molecule has 0 saturated carbocycles. The third-order valence-corrected chi connectivity index (χ3v) is 4.23. The van der Waals surface area contributed by atoms with Gasteiger partial charge in [0.2, 0.25) is 0 Å². The summed E-state index contributed by atoms with van der Waals surface area (Å²) in [5.74, 6) is 0.407. The summed E-state index contributed by atoms with van der Waals surface area (Å²) < 4.78 is 26.6. The van der Waals surface area contributed by atoms with Crippen molar-refractivity contribution in [1.82, 2.24) is 9.97 Å². The van der Waals surface area contributed by atoms with Gasteiger partial charge < -0.3 is 10.1 Å². The quantitative estimate of drug-likeness (QED) is 0.755. The van der Waals surface area contributed by atoms with Crippen LogP contribution in [0.5, 0.6) is 5.75 Å². The fraction of sp³-hybridized carbons (Fsp3) is 0.250. The van der Waals surface area contributed by atoms with Gasteiger partial charge in [0.05, 0.1) is 11.9 Å². The molecule has 2 aromatic rings. The summed E-state index contributed by atoms with van der Waals surface area (Å²) in [5, 5.41) is 10.1. The van der Waals surface area contributed by atoms with Crippen molar-refractivity contribution >= 4 is 27.3 Å². The number of hydrogen-bond acceptors (Lipinski definition) is 4. The van der Waals surface area contributed by atoms with Gasteiger partial charge in [-0.1, -0.05) is 18.5 Å². The summed E-state index contributed by atoms with van der Waals surface area (Å²) in [4.78, 5) is 6.63. The van der Waals surface area contributed by atoms with E-state index in [1.54, 1.807) is 13.0 Å². The van der Waals surface area contributed by atoms with Gasteiger partial charge in [-0.05, 0) is 24.6 Å². The molecule has 1 heterocycles. The topological polar surface area (TPSA) is 95.1 Å². The first-order valence-corrected chi connectivity index (χ1v) is 7.75. The average Bonchev–Trinajstić information content (AvgIpc) is 2.84. The van der Waals surface area contributed by atoms with Gasteiger partial charge in [-0.3, -0.25) is 4.72 Å². The van der Waals surface area contributed by atoms with E-state index in [2.05, 4.69) is 14.7 Å². The zero-order valence-electron chi connectivity index (χ0n) is 10.9. The van der Waals surface area contributed by atoms with Crippen molar-refractivity contribution in [3.63, 3.8) is 0 Å². The fourth-order valence-electron chi connectivity index (χ4n) is 1.67. The average molecular weight is 316 g/mol. The standard InChI is InChI=1S/C12H14ClN3O3S/c1-3-10-14-6-11(15-10)20(18,19)16-9-5-8(13)4-7(2)12(9)17/h4-6,16-17H,3H2,1-2H3,(H,14,15). The fourth-order valence-corrected chi connectivity index (χ4v) is 2.94. The van der Waals surface area contributed by atoms with Crippen LogP contribution in [0.15, 0.2) is 23.4 Å². The molecule has 6 nitrogen and oxygen atoms in total. The number of benzene rings is 1. The van der Waals surface area contributed by atoms with Crippen LogP contribution in [0.25, 0.3) is 0 Å². The van der Waals surface area contributed by atoms with E-state index in [4.69, 9.17) is 11.6 Å². The molecule has 0 bridgehead atoms. The van der Waals surface area contributed by atoms with Gasteiger partial charge in [0.25, 0.3) is 10.0 Å². The van der Waals surface area contributed by atoms with E-state index in [0.717, 1.165) is 0 Å². The van der Waals surface area contributed by atoms with Crippen molar-refractivity contribution in [3.8, 4) is 5.75 Å². The third kappa shape index (κ3) is 2.88. The van der Waals surface area contributed by atoms with Crippen LogP contribution in [0.1, 0.15) is 18.3 Å². The summed E-state index contributed by atoms with van der Waals surface area (Å²) in [6.45, 7) is 3.49. The van der Waals surface area contributed by atoms with Gasteiger partial charge in [-0.15, -0.1) is 0 Å². The maximum Gasteiger partial charge on any atom is 0.279 e. The molecule has 0 atom stereocenters. The SMILES string of the molecule is CCc1ncc(S(=O)(=O)Nc2cc(Cl)cc(C)c2O)[nH]1. The summed E-state index contributed by atoms with van der Waals surface area (Å²) >= 11 is 5.86. The Morgan fingerprint density at radius 1 is 1.45 bits per heavy atom. The molecule has 0 unspecified atom stereocenters. The van der Waals surface area contributed by atoms with E-state index in [0.29, 0.717) is 22.8 Å². The van der Waals surface area contributed by atoms with Crippen molar-refractivity contribution in [3.05, 3.63) is 34.7 Å². The normalized spacial score (nSPS) is 11.6. The van der Waals surface area contributed by atoms with E-state index < -0.39 is 10.0 Å². The van der Waals surface area contributed by atoms with Crippen molar-refractivity contribution < 1.29 is 13.5 Å². The van der Waals surface area contributed by atoms with Crippen molar-refractivity contribution in [2.75, 3.05) is 4.72 Å². The van der Waals surface area contributed by atoms with Gasteiger partial charge in [-0.2, -0.15) is 8.42 Å². The third-order valence-electron chi connectivity index (χ3n) is 2.74. The predicted octanol–water partition coefficient (Wildman–Crippen LogP) is 2.44. The Kier molecular flexibility index (Phi) is 3.92. The van der Waals surface area contributed by atoms with Crippen LogP contribution in [0, 0.1) is 6.92 Å². The monoisotopic (exact) mass is 315 g/mol. The highest BCUT2D eigenvalue weighted by molar-refractivity contribution is 7.92. The zero-order valence-corrected chi connectivity index (χ0v) is 12.5. The minimum absolute atomic E-state index is 0.0302. The first-order valence-electron chi connectivity index (χ1n) is 5.89. The number of aryl methyl sites for hydroxylation is 2. The number of hydrogen-bond donors (Lipinski definition) is 3. The molecule has 0 radical (unpaired) electrons. The molecular formula is C12H14ClN3O3S. The summed E-state index contributed by atoms with van der Waals surface area (Å²) in [5.41, 5.74) is 0.511. The molecule has 0 fully saturated rings. The summed E-state index contributed by atoms with van der Waals surface area (Å²) in [6.07, 6.45) is 1.83. The maximum absolute atomic E-state index is 12.2. The van der Waals surface area contributed by atoms with E-state index in [1.807, 2.05) is 6.92 Å². The lowest BCUT2D eigenvalue weighted by Crippen LogP contribution is -2.13. The number of H-pyrrole nitrogens is 1. The van der Waals surface area contributed by atoms with Crippen LogP contribution in [0.2, 0.25) is 5.02 Å². The Morgan fingerprint density at radius 2 is 2.15 bits per heavy atom. The van der Waals surface area contributed by atoms with E-state index in [1.165, 1.54) is 12.3 Å². The smallest absolute Gasteiger partial charge is 0.279 e. The Hall–Kier alpha value is -1.73. The molecule has 20 heavy (non-hydrogen) atoms. The number of aromatic amines is 1. The number of anilines is 1. The van der Waals surface area contributed by atoms with Crippen LogP contribution >= 0.6 is 11.6 Å². The summed E-state index contributed by atoms with van der Waals surface area (Å²) in [6, 6.07) is 2.89. The van der Waals surface area contributed by atoms with Crippen molar-refractivity contribution in [2.45, 2.75) is 25.3 Å². The second-order valence-corrected chi connectivity index (χ2v) is 6.36. The number of aromatic nitrogens is 2. The molecule has 2 rings (SSSR count). The van der Waals surface area contributed by atoms with Crippen molar-refractivity contribution in [2.24, 2.45) is 0 Å². The molecule has 0 aliphatic rings. The molecular weight excluding hydrogens is 302 g/mol. The van der Waals surface area contributed by atoms with Gasteiger partial charge in [-0.25, -0.2) is 4.98 Å². The Bertz CT molecular complexity index is 740. The molecule has 0 saturated heterocycles. The molecule has 108 valence electrons. The van der Waals surface area contributed by atoms with E-state index >= 15 is 0 Å². The number of aromatic hydroxyl groups is 1. The highest BCUT2D eigenvalue weighted by Gasteiger charge is 2.19. The number of halogens is 1. The Morgan fingerprint density at radius 3 is 2.75 bits per heavy atom. The van der Waals surface area contributed by atoms with Crippen LogP contribution in [0.3, 0.4) is 0 Å². The minimum atomic E-state index is -3.85. The largest absolute Gasteiger partial charge is 0.505 e. The first-order chi connectivity index (χ1) is 9.33. The van der Waals surface area contributed by atoms with Gasteiger partial charge in [0.1, 0.15) is 11.6 Å². The summed E-state index contributed by atoms with van der Waals surface area (Å²) in [7, 11) is -3.85. The number of nitrogens with zero attached hydrogens (tertiary/aromatic N) is 1. The number of phenolic OH excluding ortho intramolecular Hbond substituents is 1. The Labute approximate surface area is 121 Å². The van der Waals surface area contributed by atoms with Crippen LogP contribution < -0.4 is 4.72 Å². The van der Waals surface area contributed by atoms with Crippen molar-refractivity contribution in [1.29, 1.82) is 0 Å². The second-order valence-electron chi connectivity index (χ2n) is 4.27. The highest BCUT2D eigenvalue weighted by Crippen LogP contribution is 2.32. The van der Waals surface area contributed by atoms with Crippen LogP contribution in [-0.4, -0.2) is 23.5 Å². The van der Waals surface area contributed by atoms with Gasteiger partial charge >= 0.3 is 0 Å². The van der Waals surface area contributed by atoms with Crippen LogP contribution in [0.4, 0.5) is 5.69 Å². The lowest BCUT2D eigenvalue weighted by Gasteiger charge is -2.10.